The van der Waals surface area contributed by atoms with Crippen LogP contribution in [0.25, 0.3) is 0 Å². The van der Waals surface area contributed by atoms with Crippen LogP contribution < -0.4 is 5.73 Å². The van der Waals surface area contributed by atoms with Crippen LogP contribution in [-0.4, -0.2) is 17.5 Å². The summed E-state index contributed by atoms with van der Waals surface area (Å²) in [6, 6.07) is 8.88. The molecule has 0 heterocycles. The molecule has 0 saturated heterocycles. The third-order valence-electron chi connectivity index (χ3n) is 3.29. The molecule has 1 fully saturated rings. The van der Waals surface area contributed by atoms with Gasteiger partial charge in [-0.2, -0.15) is 0 Å². The molecule has 1 aliphatic rings. The maximum atomic E-state index is 5.69. The van der Waals surface area contributed by atoms with Gasteiger partial charge in [-0.05, 0) is 50.3 Å². The molecular formula is C14H22N2. The van der Waals surface area contributed by atoms with Gasteiger partial charge in [0.15, 0.2) is 0 Å². The number of rotatable bonds is 5. The van der Waals surface area contributed by atoms with Gasteiger partial charge in [-0.15, -0.1) is 0 Å². The minimum atomic E-state index is 0.623. The Hall–Kier alpha value is -1.02. The molecule has 2 heteroatoms. The number of hydrogen-bond donors (Lipinski definition) is 1. The summed E-state index contributed by atoms with van der Waals surface area (Å²) >= 11 is 0. The highest BCUT2D eigenvalue weighted by Gasteiger charge is 2.25. The second kappa shape index (κ2) is 4.88. The van der Waals surface area contributed by atoms with Crippen LogP contribution in [0.1, 0.15) is 32.3 Å². The Morgan fingerprint density at radius 3 is 2.38 bits per heavy atom. The van der Waals surface area contributed by atoms with Crippen LogP contribution in [0.5, 0.6) is 0 Å². The van der Waals surface area contributed by atoms with Gasteiger partial charge in [0.2, 0.25) is 0 Å². The van der Waals surface area contributed by atoms with E-state index in [0.29, 0.717) is 6.04 Å². The molecule has 0 bridgehead atoms. The maximum Gasteiger partial charge on any atom is 0.0314 e. The highest BCUT2D eigenvalue weighted by molar-refractivity contribution is 5.39. The van der Waals surface area contributed by atoms with E-state index in [2.05, 4.69) is 30.9 Å². The number of nitrogen functional groups attached to an aromatic ring is 1. The predicted octanol–water partition coefficient (Wildman–Crippen LogP) is 2.89. The minimum Gasteiger partial charge on any atom is -0.399 e. The Kier molecular flexibility index (Phi) is 3.49. The average molecular weight is 218 g/mol. The summed E-state index contributed by atoms with van der Waals surface area (Å²) < 4.78 is 0. The van der Waals surface area contributed by atoms with Crippen LogP contribution in [0.15, 0.2) is 24.3 Å². The van der Waals surface area contributed by atoms with Crippen LogP contribution in [0.2, 0.25) is 0 Å². The summed E-state index contributed by atoms with van der Waals surface area (Å²) in [5, 5.41) is 0. The quantitative estimate of drug-likeness (QED) is 0.770. The number of anilines is 1. The molecule has 1 saturated carbocycles. The number of hydrogen-bond acceptors (Lipinski definition) is 2. The largest absolute Gasteiger partial charge is 0.399 e. The zero-order valence-electron chi connectivity index (χ0n) is 10.3. The molecule has 0 amide bonds. The molecule has 1 aromatic carbocycles. The molecule has 0 radical (unpaired) electrons. The van der Waals surface area contributed by atoms with Crippen molar-refractivity contribution in [3.63, 3.8) is 0 Å². The van der Waals surface area contributed by atoms with Gasteiger partial charge in [0, 0.05) is 24.8 Å². The molecule has 0 atom stereocenters. The first-order chi connectivity index (χ1) is 7.65. The van der Waals surface area contributed by atoms with Gasteiger partial charge < -0.3 is 5.73 Å². The molecule has 1 aromatic rings. The van der Waals surface area contributed by atoms with Crippen molar-refractivity contribution in [1.29, 1.82) is 0 Å². The molecule has 0 aromatic heterocycles. The van der Waals surface area contributed by atoms with Gasteiger partial charge in [0.05, 0.1) is 0 Å². The zero-order chi connectivity index (χ0) is 11.5. The summed E-state index contributed by atoms with van der Waals surface area (Å²) in [4.78, 5) is 2.56. The van der Waals surface area contributed by atoms with Crippen molar-refractivity contribution in [3.8, 4) is 0 Å². The Morgan fingerprint density at radius 1 is 1.25 bits per heavy atom. The van der Waals surface area contributed by atoms with E-state index in [-0.39, 0.29) is 0 Å². The third-order valence-corrected chi connectivity index (χ3v) is 3.29. The number of nitrogens with zero attached hydrogens (tertiary/aromatic N) is 1. The van der Waals surface area contributed by atoms with E-state index >= 15 is 0 Å². The topological polar surface area (TPSA) is 29.3 Å². The van der Waals surface area contributed by atoms with E-state index in [9.17, 15) is 0 Å². The smallest absolute Gasteiger partial charge is 0.0314 e. The Labute approximate surface area is 98.4 Å². The summed E-state index contributed by atoms with van der Waals surface area (Å²) in [6.45, 7) is 6.86. The Balaban J connectivity index is 1.95. The van der Waals surface area contributed by atoms with Gasteiger partial charge in [-0.3, -0.25) is 4.90 Å². The van der Waals surface area contributed by atoms with Crippen molar-refractivity contribution in [2.45, 2.75) is 39.3 Å². The second-order valence-electron chi connectivity index (χ2n) is 5.21. The van der Waals surface area contributed by atoms with Crippen LogP contribution in [-0.2, 0) is 6.54 Å². The monoisotopic (exact) mass is 218 g/mol. The first-order valence-corrected chi connectivity index (χ1v) is 6.23. The first-order valence-electron chi connectivity index (χ1n) is 6.23. The standard InChI is InChI=1S/C14H22N2/c1-11(2)16(9-12-3-4-12)10-13-5-7-14(15)8-6-13/h5-8,11-12H,3-4,9-10,15H2,1-2H3. The fraction of sp³-hybridized carbons (Fsp3) is 0.571. The SMILES string of the molecule is CC(C)N(Cc1ccc(N)cc1)CC1CC1. The molecule has 16 heavy (non-hydrogen) atoms. The molecule has 2 nitrogen and oxygen atoms in total. The molecular weight excluding hydrogens is 196 g/mol. The maximum absolute atomic E-state index is 5.69. The fourth-order valence-corrected chi connectivity index (χ4v) is 1.95. The Morgan fingerprint density at radius 2 is 1.88 bits per heavy atom. The summed E-state index contributed by atoms with van der Waals surface area (Å²) in [7, 11) is 0. The van der Waals surface area contributed by atoms with E-state index in [4.69, 9.17) is 5.73 Å². The molecule has 88 valence electrons. The van der Waals surface area contributed by atoms with Gasteiger partial charge in [-0.1, -0.05) is 12.1 Å². The van der Waals surface area contributed by atoms with Crippen molar-refractivity contribution in [2.24, 2.45) is 5.92 Å². The van der Waals surface area contributed by atoms with Crippen molar-refractivity contribution < 1.29 is 0 Å². The highest BCUT2D eigenvalue weighted by Crippen LogP contribution is 2.30. The summed E-state index contributed by atoms with van der Waals surface area (Å²) in [5.41, 5.74) is 7.91. The Bertz CT molecular complexity index is 325. The zero-order valence-corrected chi connectivity index (χ0v) is 10.3. The highest BCUT2D eigenvalue weighted by atomic mass is 15.1. The van der Waals surface area contributed by atoms with Crippen molar-refractivity contribution in [1.82, 2.24) is 4.90 Å². The van der Waals surface area contributed by atoms with Crippen molar-refractivity contribution in [2.75, 3.05) is 12.3 Å². The van der Waals surface area contributed by atoms with E-state index < -0.39 is 0 Å². The lowest BCUT2D eigenvalue weighted by molar-refractivity contribution is 0.204. The van der Waals surface area contributed by atoms with E-state index in [1.807, 2.05) is 12.1 Å². The lowest BCUT2D eigenvalue weighted by atomic mass is 10.1. The van der Waals surface area contributed by atoms with Crippen LogP contribution >= 0.6 is 0 Å². The van der Waals surface area contributed by atoms with E-state index in [1.165, 1.54) is 24.9 Å². The fourth-order valence-electron chi connectivity index (χ4n) is 1.95. The molecule has 0 unspecified atom stereocenters. The predicted molar refractivity (Wildman–Crippen MR) is 69.1 cm³/mol. The van der Waals surface area contributed by atoms with Crippen molar-refractivity contribution >= 4 is 5.69 Å². The molecule has 2 N–H and O–H groups in total. The molecule has 1 aliphatic carbocycles. The molecule has 0 spiro atoms. The lowest BCUT2D eigenvalue weighted by Gasteiger charge is -2.26. The van der Waals surface area contributed by atoms with Gasteiger partial charge in [-0.25, -0.2) is 0 Å². The third kappa shape index (κ3) is 3.24. The second-order valence-corrected chi connectivity index (χ2v) is 5.21. The number of nitrogens with two attached hydrogens (primary N) is 1. The molecule has 2 rings (SSSR count). The summed E-state index contributed by atoms with van der Waals surface area (Å²) in [6.07, 6.45) is 2.84. The van der Waals surface area contributed by atoms with Crippen LogP contribution in [0, 0.1) is 5.92 Å². The lowest BCUT2D eigenvalue weighted by Crippen LogP contribution is -2.32. The average Bonchev–Trinajstić information content (AvgIpc) is 3.04. The normalized spacial score (nSPS) is 16.0. The first kappa shape index (κ1) is 11.5. The van der Waals surface area contributed by atoms with Crippen molar-refractivity contribution in [3.05, 3.63) is 29.8 Å². The number of benzene rings is 1. The molecule has 0 aliphatic heterocycles. The van der Waals surface area contributed by atoms with Gasteiger partial charge in [0.1, 0.15) is 0 Å². The minimum absolute atomic E-state index is 0.623. The van der Waals surface area contributed by atoms with Gasteiger partial charge in [0.25, 0.3) is 0 Å². The van der Waals surface area contributed by atoms with E-state index in [0.717, 1.165) is 18.2 Å². The van der Waals surface area contributed by atoms with Crippen LogP contribution in [0.4, 0.5) is 5.69 Å². The van der Waals surface area contributed by atoms with Crippen LogP contribution in [0.3, 0.4) is 0 Å². The van der Waals surface area contributed by atoms with E-state index in [1.54, 1.807) is 0 Å². The van der Waals surface area contributed by atoms with Gasteiger partial charge >= 0.3 is 0 Å². The summed E-state index contributed by atoms with van der Waals surface area (Å²) in [5.74, 6) is 0.955.